The first-order valence-corrected chi connectivity index (χ1v) is 12.3. The van der Waals surface area contributed by atoms with Crippen molar-refractivity contribution < 1.29 is 0 Å². The van der Waals surface area contributed by atoms with Crippen LogP contribution in [0.25, 0.3) is 0 Å². The Morgan fingerprint density at radius 3 is 2.37 bits per heavy atom. The average molecular weight is 466 g/mol. The van der Waals surface area contributed by atoms with E-state index in [2.05, 4.69) is 41.8 Å². The van der Waals surface area contributed by atoms with Crippen molar-refractivity contribution in [1.29, 1.82) is 0 Å². The Hall–Kier alpha value is -0.930. The van der Waals surface area contributed by atoms with E-state index in [9.17, 15) is 0 Å². The molecule has 1 saturated heterocycles. The molecule has 2 aromatic rings. The van der Waals surface area contributed by atoms with Gasteiger partial charge in [0, 0.05) is 35.7 Å². The van der Waals surface area contributed by atoms with Crippen molar-refractivity contribution in [1.82, 2.24) is 4.90 Å². The van der Waals surface area contributed by atoms with Crippen LogP contribution in [0.1, 0.15) is 51.1 Å². The Kier molecular flexibility index (Phi) is 7.19. The van der Waals surface area contributed by atoms with Gasteiger partial charge >= 0.3 is 0 Å². The zero-order valence-corrected chi connectivity index (χ0v) is 20.1. The van der Waals surface area contributed by atoms with Crippen molar-refractivity contribution in [2.75, 3.05) is 24.5 Å². The van der Waals surface area contributed by atoms with Crippen LogP contribution in [0.5, 0.6) is 0 Å². The molecule has 2 nitrogen and oxygen atoms in total. The fraction of sp³-hybridized carbons (Fsp3) is 0.520. The number of piperazine rings is 1. The molecule has 0 aromatic heterocycles. The molecule has 4 atom stereocenters. The summed E-state index contributed by atoms with van der Waals surface area (Å²) in [6, 6.07) is 15.1. The number of halogens is 3. The topological polar surface area (TPSA) is 6.48 Å². The number of hydrogen-bond acceptors (Lipinski definition) is 2. The summed E-state index contributed by atoms with van der Waals surface area (Å²) in [5.41, 5.74) is 2.34. The van der Waals surface area contributed by atoms with Crippen LogP contribution in [0, 0.1) is 11.8 Å². The maximum Gasteiger partial charge on any atom is 0.0670 e. The number of rotatable bonds is 4. The lowest BCUT2D eigenvalue weighted by Crippen LogP contribution is -2.56. The normalized spacial score (nSPS) is 28.0. The zero-order valence-electron chi connectivity index (χ0n) is 17.8. The lowest BCUT2D eigenvalue weighted by Gasteiger charge is -2.50. The van der Waals surface area contributed by atoms with Gasteiger partial charge in [-0.15, -0.1) is 0 Å². The van der Waals surface area contributed by atoms with Crippen LogP contribution < -0.4 is 4.90 Å². The third-order valence-electron chi connectivity index (χ3n) is 7.13. The van der Waals surface area contributed by atoms with Crippen LogP contribution in [0.3, 0.4) is 0 Å². The number of nitrogens with zero attached hydrogens (tertiary/aromatic N) is 2. The van der Waals surface area contributed by atoms with Gasteiger partial charge < -0.3 is 4.90 Å². The molecular weight excluding hydrogens is 435 g/mol. The molecule has 1 heterocycles. The molecule has 1 aliphatic carbocycles. The lowest BCUT2D eigenvalue weighted by atomic mass is 9.75. The van der Waals surface area contributed by atoms with E-state index in [0.717, 1.165) is 42.2 Å². The number of hydrogen-bond donors (Lipinski definition) is 0. The molecule has 4 rings (SSSR count). The van der Waals surface area contributed by atoms with Crippen molar-refractivity contribution >= 4 is 40.5 Å². The molecule has 2 fully saturated rings. The minimum absolute atomic E-state index is 0.237. The number of anilines is 1. The molecule has 0 N–H and O–H groups in total. The summed E-state index contributed by atoms with van der Waals surface area (Å²) in [7, 11) is 0. The zero-order chi connectivity index (χ0) is 21.3. The van der Waals surface area contributed by atoms with E-state index >= 15 is 0 Å². The minimum atomic E-state index is 0.237. The third kappa shape index (κ3) is 4.63. The highest BCUT2D eigenvalue weighted by atomic mass is 35.5. The summed E-state index contributed by atoms with van der Waals surface area (Å²) in [6.07, 6.45) is 5.34. The van der Waals surface area contributed by atoms with E-state index in [-0.39, 0.29) is 6.04 Å². The molecular formula is C25H31Cl3N2. The molecule has 0 amide bonds. The standard InChI is InChI=1S/C25H31Cl3N2/c1-3-18-6-4-5-17(2)25(18)29-13-14-30(23-12-11-21(27)15-22(23)28)24(16-29)19-7-9-20(26)10-8-19/h7-12,15,17-18,24-25H,3-6,13-14,16H2,1-2H3. The van der Waals surface area contributed by atoms with Crippen molar-refractivity contribution in [3.8, 4) is 0 Å². The first-order chi connectivity index (χ1) is 14.5. The highest BCUT2D eigenvalue weighted by molar-refractivity contribution is 6.36. The molecule has 5 heteroatoms. The molecule has 0 spiro atoms. The Bertz CT molecular complexity index is 854. The van der Waals surface area contributed by atoms with Crippen LogP contribution in [-0.4, -0.2) is 30.6 Å². The summed E-state index contributed by atoms with van der Waals surface area (Å²) in [5, 5.41) is 2.16. The van der Waals surface area contributed by atoms with Gasteiger partial charge in [-0.25, -0.2) is 0 Å². The maximum atomic E-state index is 6.63. The quantitative estimate of drug-likeness (QED) is 0.456. The Balaban J connectivity index is 1.67. The molecule has 2 aliphatic rings. The van der Waals surface area contributed by atoms with Crippen LogP contribution >= 0.6 is 34.8 Å². The second kappa shape index (κ2) is 9.69. The lowest BCUT2D eigenvalue weighted by molar-refractivity contribution is 0.0447. The molecule has 162 valence electrons. The van der Waals surface area contributed by atoms with Crippen molar-refractivity contribution in [3.05, 3.63) is 63.1 Å². The molecule has 1 aliphatic heterocycles. The SMILES string of the molecule is CCC1CCCC(C)C1N1CCN(c2ccc(Cl)cc2Cl)C(c2ccc(Cl)cc2)C1. The largest absolute Gasteiger partial charge is 0.361 e. The molecule has 4 unspecified atom stereocenters. The second-order valence-electron chi connectivity index (χ2n) is 8.92. The Morgan fingerprint density at radius 2 is 1.67 bits per heavy atom. The van der Waals surface area contributed by atoms with Crippen molar-refractivity contribution in [3.63, 3.8) is 0 Å². The number of benzene rings is 2. The predicted molar refractivity (Wildman–Crippen MR) is 130 cm³/mol. The average Bonchev–Trinajstić information content (AvgIpc) is 2.74. The second-order valence-corrected chi connectivity index (χ2v) is 10.2. The summed E-state index contributed by atoms with van der Waals surface area (Å²) in [6.45, 7) is 7.83. The van der Waals surface area contributed by atoms with Gasteiger partial charge in [0.05, 0.1) is 16.8 Å². The summed E-state index contributed by atoms with van der Waals surface area (Å²) < 4.78 is 0. The Labute approximate surface area is 196 Å². The first-order valence-electron chi connectivity index (χ1n) is 11.2. The van der Waals surface area contributed by atoms with Crippen LogP contribution in [0.15, 0.2) is 42.5 Å². The van der Waals surface area contributed by atoms with E-state index in [1.54, 1.807) is 0 Å². The smallest absolute Gasteiger partial charge is 0.0670 e. The van der Waals surface area contributed by atoms with Crippen molar-refractivity contribution in [2.24, 2.45) is 11.8 Å². The minimum Gasteiger partial charge on any atom is -0.361 e. The van der Waals surface area contributed by atoms with Crippen LogP contribution in [0.4, 0.5) is 5.69 Å². The van der Waals surface area contributed by atoms with Gasteiger partial charge in [0.15, 0.2) is 0 Å². The summed E-state index contributed by atoms with van der Waals surface area (Å²) in [4.78, 5) is 5.21. The molecule has 2 aromatic carbocycles. The van der Waals surface area contributed by atoms with Gasteiger partial charge in [-0.1, -0.05) is 73.6 Å². The summed E-state index contributed by atoms with van der Waals surface area (Å²) >= 11 is 19.0. The van der Waals surface area contributed by atoms with E-state index in [4.69, 9.17) is 34.8 Å². The van der Waals surface area contributed by atoms with Crippen LogP contribution in [-0.2, 0) is 0 Å². The molecule has 0 bridgehead atoms. The van der Waals surface area contributed by atoms with Gasteiger partial charge in [0.2, 0.25) is 0 Å². The first kappa shape index (κ1) is 22.3. The summed E-state index contributed by atoms with van der Waals surface area (Å²) in [5.74, 6) is 1.55. The third-order valence-corrected chi connectivity index (χ3v) is 7.92. The Morgan fingerprint density at radius 1 is 0.933 bits per heavy atom. The van der Waals surface area contributed by atoms with Gasteiger partial charge in [-0.2, -0.15) is 0 Å². The van der Waals surface area contributed by atoms with E-state index < -0.39 is 0 Å². The maximum absolute atomic E-state index is 6.63. The predicted octanol–water partition coefficient (Wildman–Crippen LogP) is 7.72. The van der Waals surface area contributed by atoms with Gasteiger partial charge in [-0.3, -0.25) is 4.90 Å². The van der Waals surface area contributed by atoms with E-state index in [1.165, 1.54) is 31.2 Å². The fourth-order valence-corrected chi connectivity index (χ4v) is 6.30. The fourth-order valence-electron chi connectivity index (χ4n) is 5.66. The van der Waals surface area contributed by atoms with E-state index in [1.807, 2.05) is 24.3 Å². The van der Waals surface area contributed by atoms with Gasteiger partial charge in [0.25, 0.3) is 0 Å². The van der Waals surface area contributed by atoms with E-state index in [0.29, 0.717) is 16.1 Å². The highest BCUT2D eigenvalue weighted by Crippen LogP contribution is 2.41. The molecule has 30 heavy (non-hydrogen) atoms. The van der Waals surface area contributed by atoms with Gasteiger partial charge in [-0.05, 0) is 60.6 Å². The van der Waals surface area contributed by atoms with Crippen molar-refractivity contribution in [2.45, 2.75) is 51.6 Å². The highest BCUT2D eigenvalue weighted by Gasteiger charge is 2.39. The van der Waals surface area contributed by atoms with Crippen LogP contribution in [0.2, 0.25) is 15.1 Å². The van der Waals surface area contributed by atoms with Gasteiger partial charge in [0.1, 0.15) is 0 Å². The molecule has 1 saturated carbocycles. The molecule has 0 radical (unpaired) electrons. The monoisotopic (exact) mass is 464 g/mol.